The summed E-state index contributed by atoms with van der Waals surface area (Å²) in [6.07, 6.45) is 1.85. The fourth-order valence-electron chi connectivity index (χ4n) is 4.26. The first-order chi connectivity index (χ1) is 16.1. The molecule has 0 amide bonds. The van der Waals surface area contributed by atoms with Gasteiger partial charge in [-0.15, -0.1) is 0 Å². The Labute approximate surface area is 193 Å². The lowest BCUT2D eigenvalue weighted by molar-refractivity contribution is -0.148. The van der Waals surface area contributed by atoms with Gasteiger partial charge < -0.3 is 24.7 Å². The third-order valence-corrected chi connectivity index (χ3v) is 5.96. The van der Waals surface area contributed by atoms with Gasteiger partial charge in [0.2, 0.25) is 0 Å². The third kappa shape index (κ3) is 5.48. The van der Waals surface area contributed by atoms with Crippen LogP contribution in [-0.2, 0) is 16.1 Å². The molecule has 4 rings (SSSR count). The van der Waals surface area contributed by atoms with Crippen molar-refractivity contribution >= 4 is 28.2 Å². The summed E-state index contributed by atoms with van der Waals surface area (Å²) in [6.45, 7) is 6.81. The summed E-state index contributed by atoms with van der Waals surface area (Å²) >= 11 is 0. The number of esters is 1. The molecule has 7 nitrogen and oxygen atoms in total. The molecule has 1 aliphatic heterocycles. The number of pyridine rings is 1. The van der Waals surface area contributed by atoms with Crippen LogP contribution in [-0.4, -0.2) is 37.3 Å². The van der Waals surface area contributed by atoms with E-state index < -0.39 is 0 Å². The van der Waals surface area contributed by atoms with Crippen LogP contribution in [0.3, 0.4) is 0 Å². The van der Waals surface area contributed by atoms with Gasteiger partial charge in [-0.05, 0) is 74.5 Å². The second kappa shape index (κ2) is 10.4. The predicted octanol–water partition coefficient (Wildman–Crippen LogP) is 4.32. The van der Waals surface area contributed by atoms with Crippen LogP contribution in [0.4, 0.5) is 11.4 Å². The maximum absolute atomic E-state index is 12.5. The lowest BCUT2D eigenvalue weighted by atomic mass is 9.97. The number of hydrogen-bond donors (Lipinski definition) is 2. The number of hydrogen-bond acceptors (Lipinski definition) is 6. The summed E-state index contributed by atoms with van der Waals surface area (Å²) < 4.78 is 10.7. The number of piperidine rings is 1. The summed E-state index contributed by atoms with van der Waals surface area (Å²) in [6, 6.07) is 15.7. The fraction of sp³-hybridized carbons (Fsp3) is 0.385. The van der Waals surface area contributed by atoms with E-state index in [0.29, 0.717) is 31.9 Å². The third-order valence-electron chi connectivity index (χ3n) is 5.96. The van der Waals surface area contributed by atoms with Crippen LogP contribution in [0.5, 0.6) is 5.75 Å². The van der Waals surface area contributed by atoms with Crippen molar-refractivity contribution in [3.05, 3.63) is 64.4 Å². The summed E-state index contributed by atoms with van der Waals surface area (Å²) in [5.41, 5.74) is 3.34. The molecule has 7 heteroatoms. The van der Waals surface area contributed by atoms with Crippen molar-refractivity contribution < 1.29 is 14.3 Å². The van der Waals surface area contributed by atoms with Crippen LogP contribution < -0.4 is 20.5 Å². The van der Waals surface area contributed by atoms with Crippen LogP contribution in [0.15, 0.2) is 53.3 Å². The van der Waals surface area contributed by atoms with Crippen molar-refractivity contribution in [2.75, 3.05) is 36.5 Å². The van der Waals surface area contributed by atoms with E-state index in [-0.39, 0.29) is 17.4 Å². The van der Waals surface area contributed by atoms with Crippen LogP contribution >= 0.6 is 0 Å². The zero-order valence-corrected chi connectivity index (χ0v) is 19.2. The molecule has 0 saturated carbocycles. The Bertz CT molecular complexity index is 1160. The molecule has 1 saturated heterocycles. The molecule has 1 unspecified atom stereocenters. The van der Waals surface area contributed by atoms with Crippen molar-refractivity contribution in [1.29, 1.82) is 0 Å². The molecular formula is C26H31N3O4. The molecule has 0 aliphatic carbocycles. The van der Waals surface area contributed by atoms with Crippen LogP contribution in [0, 0.1) is 5.92 Å². The number of aromatic amines is 1. The minimum atomic E-state index is -0.112. The van der Waals surface area contributed by atoms with Gasteiger partial charge >= 0.3 is 5.97 Å². The number of rotatable bonds is 8. The zero-order chi connectivity index (χ0) is 23.2. The van der Waals surface area contributed by atoms with Gasteiger partial charge in [0.25, 0.3) is 5.56 Å². The second-order valence-electron chi connectivity index (χ2n) is 8.24. The molecule has 0 bridgehead atoms. The molecule has 1 aromatic heterocycles. The highest BCUT2D eigenvalue weighted by atomic mass is 16.5. The first-order valence-corrected chi connectivity index (χ1v) is 11.6. The quantitative estimate of drug-likeness (QED) is 0.499. The van der Waals surface area contributed by atoms with E-state index in [4.69, 9.17) is 9.47 Å². The number of nitrogens with zero attached hydrogens (tertiary/aromatic N) is 1. The molecule has 1 fully saturated rings. The van der Waals surface area contributed by atoms with Gasteiger partial charge in [-0.1, -0.05) is 0 Å². The number of benzene rings is 2. The van der Waals surface area contributed by atoms with Gasteiger partial charge in [0.1, 0.15) is 5.75 Å². The Kier molecular flexibility index (Phi) is 7.17. The van der Waals surface area contributed by atoms with E-state index in [1.165, 1.54) is 0 Å². The van der Waals surface area contributed by atoms with Crippen molar-refractivity contribution in [1.82, 2.24) is 4.98 Å². The molecule has 174 valence electrons. The molecule has 0 radical (unpaired) electrons. The van der Waals surface area contributed by atoms with E-state index in [1.807, 2.05) is 50.2 Å². The Morgan fingerprint density at radius 2 is 1.94 bits per heavy atom. The molecule has 2 N–H and O–H groups in total. The number of H-pyrrole nitrogens is 1. The molecular weight excluding hydrogens is 418 g/mol. The van der Waals surface area contributed by atoms with E-state index in [1.54, 1.807) is 0 Å². The lowest BCUT2D eigenvalue weighted by Crippen LogP contribution is -2.39. The number of carbonyl (C=O) groups is 1. The average Bonchev–Trinajstić information content (AvgIpc) is 2.83. The molecule has 1 atom stereocenters. The van der Waals surface area contributed by atoms with Gasteiger partial charge in [0.15, 0.2) is 0 Å². The Morgan fingerprint density at radius 1 is 1.12 bits per heavy atom. The number of aromatic nitrogens is 1. The van der Waals surface area contributed by atoms with Gasteiger partial charge in [0.05, 0.1) is 24.6 Å². The number of carbonyl (C=O) groups excluding carboxylic acids is 1. The first kappa shape index (κ1) is 22.7. The number of anilines is 2. The highest BCUT2D eigenvalue weighted by Gasteiger charge is 2.26. The maximum atomic E-state index is 12.5. The van der Waals surface area contributed by atoms with Crippen LogP contribution in [0.25, 0.3) is 10.9 Å². The van der Waals surface area contributed by atoms with Crippen molar-refractivity contribution in [3.63, 3.8) is 0 Å². The maximum Gasteiger partial charge on any atom is 0.310 e. The summed E-state index contributed by atoms with van der Waals surface area (Å²) in [5.74, 6) is 0.574. The molecule has 2 heterocycles. The Morgan fingerprint density at radius 3 is 2.70 bits per heavy atom. The van der Waals surface area contributed by atoms with Crippen molar-refractivity contribution in [2.45, 2.75) is 33.2 Å². The predicted molar refractivity (Wildman–Crippen MR) is 131 cm³/mol. The first-order valence-electron chi connectivity index (χ1n) is 11.6. The summed E-state index contributed by atoms with van der Waals surface area (Å²) in [7, 11) is 0. The average molecular weight is 450 g/mol. The second-order valence-corrected chi connectivity index (χ2v) is 8.24. The van der Waals surface area contributed by atoms with Gasteiger partial charge in [-0.3, -0.25) is 9.59 Å². The molecule has 1 aliphatic rings. The highest BCUT2D eigenvalue weighted by molar-refractivity contribution is 5.80. The van der Waals surface area contributed by atoms with E-state index in [9.17, 15) is 9.59 Å². The highest BCUT2D eigenvalue weighted by Crippen LogP contribution is 2.26. The monoisotopic (exact) mass is 449 g/mol. The number of fused-ring (bicyclic) bond motifs is 1. The Hall–Kier alpha value is -3.48. The smallest absolute Gasteiger partial charge is 0.310 e. The summed E-state index contributed by atoms with van der Waals surface area (Å²) in [5, 5.41) is 4.30. The van der Waals surface area contributed by atoms with Crippen molar-refractivity contribution in [3.8, 4) is 5.75 Å². The van der Waals surface area contributed by atoms with Gasteiger partial charge in [-0.2, -0.15) is 0 Å². The molecule has 2 aromatic carbocycles. The zero-order valence-electron chi connectivity index (χ0n) is 19.2. The fourth-order valence-corrected chi connectivity index (χ4v) is 4.26. The van der Waals surface area contributed by atoms with Crippen molar-refractivity contribution in [2.24, 2.45) is 5.92 Å². The molecule has 3 aromatic rings. The molecule has 33 heavy (non-hydrogen) atoms. The summed E-state index contributed by atoms with van der Waals surface area (Å²) in [4.78, 5) is 29.8. The van der Waals surface area contributed by atoms with Gasteiger partial charge in [-0.25, -0.2) is 0 Å². The van der Waals surface area contributed by atoms with E-state index in [2.05, 4.69) is 27.3 Å². The SMILES string of the molecule is CCOC(=O)C1CCCN(c2ccc(NCc3cc4ccc(OCC)cc4[nH]c3=O)cc2)C1. The largest absolute Gasteiger partial charge is 0.494 e. The minimum absolute atomic E-state index is 0.0688. The number of nitrogens with one attached hydrogen (secondary N) is 2. The normalized spacial score (nSPS) is 15.9. The van der Waals surface area contributed by atoms with Crippen LogP contribution in [0.2, 0.25) is 0 Å². The number of ether oxygens (including phenoxy) is 2. The topological polar surface area (TPSA) is 83.7 Å². The van der Waals surface area contributed by atoms with Crippen LogP contribution in [0.1, 0.15) is 32.3 Å². The molecule has 0 spiro atoms. The van der Waals surface area contributed by atoms with Gasteiger partial charge in [0, 0.05) is 42.6 Å². The minimum Gasteiger partial charge on any atom is -0.494 e. The lowest BCUT2D eigenvalue weighted by Gasteiger charge is -2.33. The van der Waals surface area contributed by atoms with E-state index >= 15 is 0 Å². The standard InChI is InChI=1S/C26H31N3O4/c1-3-32-23-12-7-18-14-20(25(30)28-24(18)15-23)16-27-21-8-10-22(11-9-21)29-13-5-6-19(17-29)26(31)33-4-2/h7-12,14-15,19,27H,3-6,13,16-17H2,1-2H3,(H,28,30). The Balaban J connectivity index is 1.40. The van der Waals surface area contributed by atoms with E-state index in [0.717, 1.165) is 47.4 Å².